The molecule has 0 bridgehead atoms. The average Bonchev–Trinajstić information content (AvgIpc) is 4.03. The molecule has 0 aliphatic heterocycles. The number of thiophene rings is 1. The van der Waals surface area contributed by atoms with Crippen molar-refractivity contribution in [3.63, 3.8) is 0 Å². The van der Waals surface area contributed by atoms with E-state index in [1.54, 1.807) is 0 Å². The summed E-state index contributed by atoms with van der Waals surface area (Å²) in [5.74, 6) is 1.76. The summed E-state index contributed by atoms with van der Waals surface area (Å²) in [6, 6.07) is 60.5. The van der Waals surface area contributed by atoms with Crippen molar-refractivity contribution in [3.8, 4) is 51.0 Å². The predicted octanol–water partition coefficient (Wildman–Crippen LogP) is 14.5. The van der Waals surface area contributed by atoms with Crippen LogP contribution in [0.25, 0.3) is 115 Å². The smallest absolute Gasteiger partial charge is 0.238 e. The van der Waals surface area contributed by atoms with Crippen LogP contribution in [0.2, 0.25) is 0 Å². The molecule has 0 N–H and O–H groups in total. The van der Waals surface area contributed by atoms with E-state index in [9.17, 15) is 0 Å². The van der Waals surface area contributed by atoms with E-state index in [-0.39, 0.29) is 5.41 Å². The molecule has 1 aliphatic rings. The van der Waals surface area contributed by atoms with Gasteiger partial charge in [-0.25, -0.2) is 4.98 Å². The van der Waals surface area contributed by atoms with Crippen LogP contribution < -0.4 is 0 Å². The van der Waals surface area contributed by atoms with Crippen LogP contribution in [0.1, 0.15) is 25.0 Å². The molecule has 0 amide bonds. The lowest BCUT2D eigenvalue weighted by atomic mass is 9.82. The number of hydrogen-bond acceptors (Lipinski definition) is 5. The molecule has 4 aromatic heterocycles. The standard InChI is InChI=1S/C54H34N4OS/c1-54(2)42-20-10-6-16-34(42)35-26-24-33(29-43(35)54)52-55-51(31-14-4-3-5-15-31)56-53(57-52)58-44-21-11-7-19-38(44)48-39(30-41-36-17-8-12-22-45(36)59-50(41)49(48)58)32-25-27-47-40(28-32)37-18-9-13-23-46(37)60-47/h3-30H,1-2H3. The molecule has 0 unspecified atom stereocenters. The van der Waals surface area contributed by atoms with Gasteiger partial charge >= 0.3 is 0 Å². The molecule has 8 aromatic carbocycles. The van der Waals surface area contributed by atoms with Crippen LogP contribution in [-0.4, -0.2) is 19.5 Å². The van der Waals surface area contributed by atoms with Crippen molar-refractivity contribution in [2.45, 2.75) is 19.3 Å². The van der Waals surface area contributed by atoms with Crippen molar-refractivity contribution < 1.29 is 4.42 Å². The number of benzene rings is 8. The van der Waals surface area contributed by atoms with Gasteiger partial charge in [-0.15, -0.1) is 11.3 Å². The maximum absolute atomic E-state index is 6.91. The van der Waals surface area contributed by atoms with E-state index in [0.29, 0.717) is 17.6 Å². The summed E-state index contributed by atoms with van der Waals surface area (Å²) in [7, 11) is 0. The second kappa shape index (κ2) is 12.3. The molecule has 0 fully saturated rings. The van der Waals surface area contributed by atoms with Gasteiger partial charge in [-0.3, -0.25) is 4.57 Å². The molecule has 1 aliphatic carbocycles. The van der Waals surface area contributed by atoms with Gasteiger partial charge in [-0.2, -0.15) is 9.97 Å². The molecule has 13 rings (SSSR count). The molecule has 0 radical (unpaired) electrons. The van der Waals surface area contributed by atoms with Crippen molar-refractivity contribution >= 4 is 75.3 Å². The Morgan fingerprint density at radius 2 is 1.17 bits per heavy atom. The largest absolute Gasteiger partial charge is 0.454 e. The molecule has 60 heavy (non-hydrogen) atoms. The summed E-state index contributed by atoms with van der Waals surface area (Å²) in [5, 5.41) is 6.84. The lowest BCUT2D eigenvalue weighted by Gasteiger charge is -2.21. The molecule has 282 valence electrons. The molecule has 6 heteroatoms. The van der Waals surface area contributed by atoms with Crippen LogP contribution in [0.4, 0.5) is 0 Å². The Labute approximate surface area is 348 Å². The molecule has 0 atom stereocenters. The topological polar surface area (TPSA) is 56.7 Å². The SMILES string of the molecule is CC1(C)c2ccccc2-c2ccc(-c3nc(-c4ccccc4)nc(-n4c5ccccc5c5c(-c6ccc7sc8ccccc8c7c6)cc6c7ccccc7oc6c54)n3)cc21. The molecule has 0 spiro atoms. The fraction of sp³-hybridized carbons (Fsp3) is 0.0556. The van der Waals surface area contributed by atoms with Gasteiger partial charge in [0.15, 0.2) is 17.2 Å². The van der Waals surface area contributed by atoms with Crippen molar-refractivity contribution in [2.75, 3.05) is 0 Å². The second-order valence-corrected chi connectivity index (χ2v) is 17.4. The summed E-state index contributed by atoms with van der Waals surface area (Å²) >= 11 is 1.84. The predicted molar refractivity (Wildman–Crippen MR) is 248 cm³/mol. The summed E-state index contributed by atoms with van der Waals surface area (Å²) in [5.41, 5.74) is 12.7. The van der Waals surface area contributed by atoms with Crippen molar-refractivity contribution in [1.29, 1.82) is 0 Å². The minimum absolute atomic E-state index is 0.172. The zero-order valence-electron chi connectivity index (χ0n) is 32.8. The Bertz CT molecular complexity index is 3760. The fourth-order valence-electron chi connectivity index (χ4n) is 9.81. The first-order chi connectivity index (χ1) is 29.5. The average molecular weight is 787 g/mol. The lowest BCUT2D eigenvalue weighted by Crippen LogP contribution is -2.15. The van der Waals surface area contributed by atoms with Gasteiger partial charge in [0.2, 0.25) is 5.95 Å². The van der Waals surface area contributed by atoms with Crippen LogP contribution in [0, 0.1) is 0 Å². The molecular formula is C54H34N4OS. The minimum Gasteiger partial charge on any atom is -0.454 e. The third-order valence-electron chi connectivity index (χ3n) is 12.7. The summed E-state index contributed by atoms with van der Waals surface area (Å²) in [6.45, 7) is 4.62. The van der Waals surface area contributed by atoms with Crippen LogP contribution in [0.5, 0.6) is 0 Å². The van der Waals surface area contributed by atoms with E-state index in [1.807, 2.05) is 35.6 Å². The van der Waals surface area contributed by atoms with E-state index in [0.717, 1.165) is 66.0 Å². The van der Waals surface area contributed by atoms with E-state index in [1.165, 1.54) is 42.4 Å². The van der Waals surface area contributed by atoms with E-state index < -0.39 is 0 Å². The Hall–Kier alpha value is -7.41. The normalized spacial score (nSPS) is 13.3. The van der Waals surface area contributed by atoms with Crippen LogP contribution >= 0.6 is 11.3 Å². The number of furan rings is 1. The highest BCUT2D eigenvalue weighted by molar-refractivity contribution is 7.25. The molecule has 5 nitrogen and oxygen atoms in total. The summed E-state index contributed by atoms with van der Waals surface area (Å²) in [6.07, 6.45) is 0. The number of aromatic nitrogens is 4. The van der Waals surface area contributed by atoms with Gasteiger partial charge < -0.3 is 4.42 Å². The van der Waals surface area contributed by atoms with E-state index in [2.05, 4.69) is 164 Å². The number of fused-ring (bicyclic) bond motifs is 13. The lowest BCUT2D eigenvalue weighted by molar-refractivity contribution is 0.660. The van der Waals surface area contributed by atoms with Gasteiger partial charge in [-0.1, -0.05) is 141 Å². The van der Waals surface area contributed by atoms with Crippen LogP contribution in [0.15, 0.2) is 174 Å². The second-order valence-electron chi connectivity index (χ2n) is 16.4. The van der Waals surface area contributed by atoms with Gasteiger partial charge in [0.05, 0.1) is 5.52 Å². The van der Waals surface area contributed by atoms with Crippen molar-refractivity contribution in [1.82, 2.24) is 19.5 Å². The summed E-state index contributed by atoms with van der Waals surface area (Å²) < 4.78 is 11.7. The highest BCUT2D eigenvalue weighted by Crippen LogP contribution is 2.50. The molecule has 0 saturated heterocycles. The van der Waals surface area contributed by atoms with Gasteiger partial charge in [-0.05, 0) is 75.8 Å². The first-order valence-electron chi connectivity index (χ1n) is 20.4. The van der Waals surface area contributed by atoms with Gasteiger partial charge in [0.1, 0.15) is 11.1 Å². The van der Waals surface area contributed by atoms with Gasteiger partial charge in [0, 0.05) is 58.3 Å². The van der Waals surface area contributed by atoms with Crippen LogP contribution in [-0.2, 0) is 5.41 Å². The minimum atomic E-state index is -0.172. The molecule has 12 aromatic rings. The highest BCUT2D eigenvalue weighted by atomic mass is 32.1. The third-order valence-corrected chi connectivity index (χ3v) is 13.8. The maximum atomic E-state index is 6.91. The summed E-state index contributed by atoms with van der Waals surface area (Å²) in [4.78, 5) is 16.0. The van der Waals surface area contributed by atoms with E-state index >= 15 is 0 Å². The van der Waals surface area contributed by atoms with E-state index in [4.69, 9.17) is 19.4 Å². The number of rotatable bonds is 4. The molecule has 4 heterocycles. The zero-order chi connectivity index (χ0) is 39.7. The van der Waals surface area contributed by atoms with Crippen LogP contribution in [0.3, 0.4) is 0 Å². The van der Waals surface area contributed by atoms with Crippen molar-refractivity contribution in [3.05, 3.63) is 181 Å². The zero-order valence-corrected chi connectivity index (χ0v) is 33.6. The van der Waals surface area contributed by atoms with Crippen molar-refractivity contribution in [2.24, 2.45) is 0 Å². The third kappa shape index (κ3) is 4.71. The van der Waals surface area contributed by atoms with Gasteiger partial charge in [0.25, 0.3) is 0 Å². The Morgan fingerprint density at radius 1 is 0.483 bits per heavy atom. The highest BCUT2D eigenvalue weighted by Gasteiger charge is 2.35. The number of hydrogen-bond donors (Lipinski definition) is 0. The molecular weight excluding hydrogens is 753 g/mol. The maximum Gasteiger partial charge on any atom is 0.238 e. The Kier molecular flexibility index (Phi) is 6.88. The first kappa shape index (κ1) is 33.6. The first-order valence-corrected chi connectivity index (χ1v) is 21.2. The monoisotopic (exact) mass is 786 g/mol. The quantitative estimate of drug-likeness (QED) is 0.178. The number of nitrogens with zero attached hydrogens (tertiary/aromatic N) is 4. The number of para-hydroxylation sites is 2. The fourth-order valence-corrected chi connectivity index (χ4v) is 10.9. The Morgan fingerprint density at radius 3 is 2.05 bits per heavy atom. The Balaban J connectivity index is 1.13. The molecule has 0 saturated carbocycles.